The molecule has 2 unspecified atom stereocenters. The van der Waals surface area contributed by atoms with E-state index in [1.807, 2.05) is 18.4 Å². The van der Waals surface area contributed by atoms with Crippen LogP contribution in [0.25, 0.3) is 10.9 Å². The fourth-order valence-electron chi connectivity index (χ4n) is 4.91. The summed E-state index contributed by atoms with van der Waals surface area (Å²) in [4.78, 5) is 2.20. The van der Waals surface area contributed by atoms with Crippen LogP contribution in [0.5, 0.6) is 0 Å². The quantitative estimate of drug-likeness (QED) is 0.763. The van der Waals surface area contributed by atoms with E-state index < -0.39 is 30.3 Å². The van der Waals surface area contributed by atoms with Crippen molar-refractivity contribution in [3.63, 3.8) is 0 Å². The third kappa shape index (κ3) is 3.01. The largest absolute Gasteiger partial charge is 0.394 e. The van der Waals surface area contributed by atoms with Crippen LogP contribution in [-0.2, 0) is 14.2 Å². The topological polar surface area (TPSA) is 79.9 Å². The second kappa shape index (κ2) is 7.27. The first-order valence-corrected chi connectivity index (χ1v) is 10.9. The molecule has 3 aliphatic heterocycles. The van der Waals surface area contributed by atoms with E-state index in [1.54, 1.807) is 12.1 Å². The second-order valence-electron chi connectivity index (χ2n) is 8.47. The fourth-order valence-corrected chi connectivity index (χ4v) is 5.23. The van der Waals surface area contributed by atoms with E-state index in [1.165, 1.54) is 0 Å². The summed E-state index contributed by atoms with van der Waals surface area (Å²) in [6, 6.07) is 5.87. The van der Waals surface area contributed by atoms with E-state index in [0.717, 1.165) is 42.7 Å². The molecule has 160 valence electrons. The van der Waals surface area contributed by atoms with Crippen LogP contribution in [0.2, 0.25) is 10.0 Å². The van der Waals surface area contributed by atoms with E-state index in [-0.39, 0.29) is 6.61 Å². The van der Waals surface area contributed by atoms with Crippen LogP contribution in [0, 0.1) is 11.3 Å². The number of halogens is 2. The number of aliphatic hydroxyl groups is 1. The highest BCUT2D eigenvalue weighted by Gasteiger charge is 2.56. The van der Waals surface area contributed by atoms with Gasteiger partial charge in [-0.2, -0.15) is 5.26 Å². The molecule has 2 aromatic rings. The molecule has 30 heavy (non-hydrogen) atoms. The molecule has 0 aliphatic carbocycles. The highest BCUT2D eigenvalue weighted by Crippen LogP contribution is 2.48. The number of hydrogen-bond donors (Lipinski definition) is 1. The number of nitriles is 1. The number of nitrogens with zero attached hydrogens (tertiary/aromatic N) is 3. The molecular weight excluding hydrogens is 429 g/mol. The first-order chi connectivity index (χ1) is 14.3. The van der Waals surface area contributed by atoms with E-state index in [9.17, 15) is 10.4 Å². The summed E-state index contributed by atoms with van der Waals surface area (Å²) in [6.07, 6.45) is 0.155. The third-order valence-electron chi connectivity index (χ3n) is 6.10. The van der Waals surface area contributed by atoms with Crippen LogP contribution in [0.1, 0.15) is 38.5 Å². The van der Waals surface area contributed by atoms with Crippen LogP contribution in [0.4, 0.5) is 5.82 Å². The van der Waals surface area contributed by atoms with Gasteiger partial charge in [0.05, 0.1) is 22.2 Å². The Hall–Kier alpha value is -1.53. The molecule has 3 fully saturated rings. The van der Waals surface area contributed by atoms with E-state index in [0.29, 0.717) is 15.6 Å². The SMILES string of the molecule is CC1(C)OC2C(O1)[C@@H](CO)O[C@H]2n1c(N2CCCC2)c(C#N)c2cc(Cl)c(Cl)cc21. The first-order valence-electron chi connectivity index (χ1n) is 10.1. The molecule has 1 aromatic heterocycles. The van der Waals surface area contributed by atoms with Crippen molar-refractivity contribution in [1.82, 2.24) is 4.57 Å². The zero-order valence-corrected chi connectivity index (χ0v) is 18.3. The zero-order chi connectivity index (χ0) is 21.2. The Balaban J connectivity index is 1.74. The van der Waals surface area contributed by atoms with Gasteiger partial charge in [0.2, 0.25) is 0 Å². The third-order valence-corrected chi connectivity index (χ3v) is 6.82. The standard InChI is InChI=1S/C21H23Cl2N3O4/c1-21(2)29-17-16(10-27)28-20(18(17)30-21)26-15-8-14(23)13(22)7-11(15)12(9-24)19(26)25-5-3-4-6-25/h7-8,16-18,20,27H,3-6,10H2,1-2H3/t16-,17?,18?,20-/m1/s1. The van der Waals surface area contributed by atoms with Gasteiger partial charge in [0.25, 0.3) is 0 Å². The van der Waals surface area contributed by atoms with Gasteiger partial charge in [-0.15, -0.1) is 0 Å². The average Bonchev–Trinajstić information content (AvgIpc) is 3.44. The molecule has 1 aromatic carbocycles. The summed E-state index contributed by atoms with van der Waals surface area (Å²) < 4.78 is 20.5. The Labute approximate surface area is 184 Å². The molecule has 0 amide bonds. The number of aromatic nitrogens is 1. The Morgan fingerprint density at radius 3 is 2.50 bits per heavy atom. The highest BCUT2D eigenvalue weighted by molar-refractivity contribution is 6.42. The van der Waals surface area contributed by atoms with Crippen LogP contribution in [0.15, 0.2) is 12.1 Å². The predicted molar refractivity (Wildman–Crippen MR) is 113 cm³/mol. The lowest BCUT2D eigenvalue weighted by Crippen LogP contribution is -2.31. The van der Waals surface area contributed by atoms with Gasteiger partial charge in [-0.05, 0) is 38.8 Å². The fraction of sp³-hybridized carbons (Fsp3) is 0.571. The van der Waals surface area contributed by atoms with Gasteiger partial charge >= 0.3 is 0 Å². The number of hydrogen-bond acceptors (Lipinski definition) is 6. The van der Waals surface area contributed by atoms with Gasteiger partial charge in [0.15, 0.2) is 12.0 Å². The molecule has 4 heterocycles. The summed E-state index contributed by atoms with van der Waals surface area (Å²) in [5, 5.41) is 21.5. The molecule has 3 aliphatic rings. The molecule has 0 saturated carbocycles. The van der Waals surface area contributed by atoms with Gasteiger partial charge < -0.3 is 24.2 Å². The Morgan fingerprint density at radius 2 is 1.83 bits per heavy atom. The van der Waals surface area contributed by atoms with E-state index in [4.69, 9.17) is 37.4 Å². The van der Waals surface area contributed by atoms with Crippen molar-refractivity contribution in [2.75, 3.05) is 24.6 Å². The molecule has 0 bridgehead atoms. The van der Waals surface area contributed by atoms with Gasteiger partial charge in [0.1, 0.15) is 35.8 Å². The van der Waals surface area contributed by atoms with Crippen molar-refractivity contribution >= 4 is 39.9 Å². The molecule has 3 saturated heterocycles. The Bertz CT molecular complexity index is 1040. The smallest absolute Gasteiger partial charge is 0.165 e. The number of fused-ring (bicyclic) bond motifs is 2. The van der Waals surface area contributed by atoms with Crippen LogP contribution >= 0.6 is 23.2 Å². The number of rotatable bonds is 3. The van der Waals surface area contributed by atoms with Crippen LogP contribution in [0.3, 0.4) is 0 Å². The average molecular weight is 452 g/mol. The van der Waals surface area contributed by atoms with Gasteiger partial charge in [-0.1, -0.05) is 23.2 Å². The van der Waals surface area contributed by atoms with E-state index in [2.05, 4.69) is 11.0 Å². The number of aliphatic hydroxyl groups excluding tert-OH is 1. The number of ether oxygens (including phenoxy) is 3. The lowest BCUT2D eigenvalue weighted by Gasteiger charge is -2.28. The van der Waals surface area contributed by atoms with Crippen LogP contribution < -0.4 is 4.90 Å². The van der Waals surface area contributed by atoms with Crippen molar-refractivity contribution in [2.45, 2.75) is 57.0 Å². The Morgan fingerprint density at radius 1 is 1.17 bits per heavy atom. The summed E-state index contributed by atoms with van der Waals surface area (Å²) in [5.41, 5.74) is 1.29. The molecule has 0 spiro atoms. The lowest BCUT2D eigenvalue weighted by atomic mass is 10.1. The number of benzene rings is 1. The lowest BCUT2D eigenvalue weighted by molar-refractivity contribution is -0.199. The molecule has 7 nitrogen and oxygen atoms in total. The maximum atomic E-state index is 10.1. The minimum atomic E-state index is -0.791. The predicted octanol–water partition coefficient (Wildman–Crippen LogP) is 3.83. The van der Waals surface area contributed by atoms with Crippen molar-refractivity contribution in [3.05, 3.63) is 27.7 Å². The molecule has 1 N–H and O–H groups in total. The maximum Gasteiger partial charge on any atom is 0.165 e. The minimum Gasteiger partial charge on any atom is -0.394 e. The molecule has 4 atom stereocenters. The summed E-state index contributed by atoms with van der Waals surface area (Å²) in [7, 11) is 0. The summed E-state index contributed by atoms with van der Waals surface area (Å²) in [5.74, 6) is -0.0143. The van der Waals surface area contributed by atoms with Gasteiger partial charge in [-0.3, -0.25) is 4.57 Å². The van der Waals surface area contributed by atoms with Crippen molar-refractivity contribution in [2.24, 2.45) is 0 Å². The monoisotopic (exact) mass is 451 g/mol. The number of anilines is 1. The summed E-state index contributed by atoms with van der Waals surface area (Å²) >= 11 is 12.7. The molecular formula is C21H23Cl2N3O4. The van der Waals surface area contributed by atoms with Crippen molar-refractivity contribution in [1.29, 1.82) is 5.26 Å². The Kier molecular flexibility index (Phi) is 4.93. The minimum absolute atomic E-state index is 0.187. The molecule has 0 radical (unpaired) electrons. The molecule has 9 heteroatoms. The summed E-state index contributed by atoms with van der Waals surface area (Å²) in [6.45, 7) is 5.21. The molecule has 5 rings (SSSR count). The van der Waals surface area contributed by atoms with Crippen molar-refractivity contribution < 1.29 is 19.3 Å². The van der Waals surface area contributed by atoms with E-state index >= 15 is 0 Å². The highest BCUT2D eigenvalue weighted by atomic mass is 35.5. The first kappa shape index (κ1) is 20.4. The van der Waals surface area contributed by atoms with Gasteiger partial charge in [0, 0.05) is 18.5 Å². The normalized spacial score (nSPS) is 30.2. The van der Waals surface area contributed by atoms with Gasteiger partial charge in [-0.25, -0.2) is 0 Å². The van der Waals surface area contributed by atoms with Crippen molar-refractivity contribution in [3.8, 4) is 6.07 Å². The second-order valence-corrected chi connectivity index (χ2v) is 9.28. The van der Waals surface area contributed by atoms with Crippen LogP contribution in [-0.4, -0.2) is 53.5 Å². The zero-order valence-electron chi connectivity index (χ0n) is 16.8. The maximum absolute atomic E-state index is 10.1.